The second-order valence-electron chi connectivity index (χ2n) is 7.69. The summed E-state index contributed by atoms with van der Waals surface area (Å²) in [5.74, 6) is 2.98. The highest BCUT2D eigenvalue weighted by molar-refractivity contribution is 6.30. The van der Waals surface area contributed by atoms with E-state index in [1.165, 1.54) is 75.3 Å². The summed E-state index contributed by atoms with van der Waals surface area (Å²) < 4.78 is 0. The summed E-state index contributed by atoms with van der Waals surface area (Å²) in [4.78, 5) is 0. The Morgan fingerprint density at radius 2 is 1.70 bits per heavy atom. The number of rotatable bonds is 5. The van der Waals surface area contributed by atoms with E-state index < -0.39 is 0 Å². The number of benzene rings is 1. The van der Waals surface area contributed by atoms with Crippen molar-refractivity contribution in [3.8, 4) is 0 Å². The molecule has 23 heavy (non-hydrogen) atoms. The van der Waals surface area contributed by atoms with E-state index in [9.17, 15) is 0 Å². The maximum absolute atomic E-state index is 6.00. The lowest BCUT2D eigenvalue weighted by atomic mass is 9.70. The molecule has 1 aromatic carbocycles. The number of unbranched alkanes of at least 4 members (excludes halogenated alkanes) is 1. The molecule has 0 heterocycles. The predicted molar refractivity (Wildman–Crippen MR) is 102 cm³/mol. The summed E-state index contributed by atoms with van der Waals surface area (Å²) in [5.41, 5.74) is 2.91. The molecule has 0 spiro atoms. The van der Waals surface area contributed by atoms with Crippen molar-refractivity contribution in [2.24, 2.45) is 17.8 Å². The zero-order valence-electron chi connectivity index (χ0n) is 14.6. The van der Waals surface area contributed by atoms with Gasteiger partial charge < -0.3 is 0 Å². The highest BCUT2D eigenvalue weighted by atomic mass is 35.5. The second-order valence-corrected chi connectivity index (χ2v) is 8.13. The Hall–Kier alpha value is -0.750. The molecule has 0 aromatic heterocycles. The molecule has 0 aliphatic heterocycles. The zero-order chi connectivity index (χ0) is 16.1. The number of hydrogen-bond acceptors (Lipinski definition) is 0. The lowest BCUT2D eigenvalue weighted by molar-refractivity contribution is 0.188. The molecule has 0 bridgehead atoms. The molecule has 0 amide bonds. The van der Waals surface area contributed by atoms with Crippen LogP contribution in [0.5, 0.6) is 0 Å². The summed E-state index contributed by atoms with van der Waals surface area (Å²) in [6, 6.07) is 8.38. The van der Waals surface area contributed by atoms with E-state index in [0.29, 0.717) is 0 Å². The van der Waals surface area contributed by atoms with Crippen molar-refractivity contribution in [1.29, 1.82) is 0 Å². The van der Waals surface area contributed by atoms with E-state index >= 15 is 0 Å². The first-order valence-corrected chi connectivity index (χ1v) is 10.1. The van der Waals surface area contributed by atoms with Gasteiger partial charge >= 0.3 is 0 Å². The van der Waals surface area contributed by atoms with Gasteiger partial charge in [0.2, 0.25) is 0 Å². The van der Waals surface area contributed by atoms with Crippen molar-refractivity contribution in [1.82, 2.24) is 0 Å². The van der Waals surface area contributed by atoms with Gasteiger partial charge in [-0.25, -0.2) is 0 Å². The number of allylic oxidation sites excluding steroid dienone is 2. The van der Waals surface area contributed by atoms with Gasteiger partial charge in [0.25, 0.3) is 0 Å². The summed E-state index contributed by atoms with van der Waals surface area (Å²) in [5, 5.41) is 0.836. The van der Waals surface area contributed by atoms with Crippen LogP contribution < -0.4 is 0 Å². The number of hydrogen-bond donors (Lipinski definition) is 0. The average Bonchev–Trinajstić information content (AvgIpc) is 2.61. The Morgan fingerprint density at radius 1 is 0.957 bits per heavy atom. The van der Waals surface area contributed by atoms with Gasteiger partial charge in [-0.15, -0.1) is 0 Å². The largest absolute Gasteiger partial charge is 0.0843 e. The maximum atomic E-state index is 6.00. The molecule has 2 aliphatic rings. The predicted octanol–water partition coefficient (Wildman–Crippen LogP) is 7.52. The normalized spacial score (nSPS) is 28.4. The van der Waals surface area contributed by atoms with Gasteiger partial charge in [-0.05, 0) is 73.1 Å². The van der Waals surface area contributed by atoms with Crippen LogP contribution in [-0.2, 0) is 0 Å². The van der Waals surface area contributed by atoms with Gasteiger partial charge in [0.1, 0.15) is 0 Å². The molecule has 126 valence electrons. The summed E-state index contributed by atoms with van der Waals surface area (Å²) >= 11 is 6.00. The first-order chi connectivity index (χ1) is 11.3. The Balaban J connectivity index is 1.50. The second kappa shape index (κ2) is 8.38. The van der Waals surface area contributed by atoms with Crippen LogP contribution in [0.25, 0.3) is 5.57 Å². The molecule has 0 nitrogen and oxygen atoms in total. The molecule has 1 aromatic rings. The fourth-order valence-corrected chi connectivity index (χ4v) is 4.78. The van der Waals surface area contributed by atoms with Crippen molar-refractivity contribution < 1.29 is 0 Å². The topological polar surface area (TPSA) is 0 Å². The first kappa shape index (κ1) is 17.1. The van der Waals surface area contributed by atoms with E-state index in [1.807, 2.05) is 12.1 Å². The SMILES string of the molecule is CCCCC1CCC(C2CC=C(c3ccc(Cl)cc3)CC2)CC1. The zero-order valence-corrected chi connectivity index (χ0v) is 15.3. The molecule has 1 heteroatoms. The third-order valence-corrected chi connectivity index (χ3v) is 6.44. The molecular formula is C22H31Cl. The van der Waals surface area contributed by atoms with Gasteiger partial charge in [0, 0.05) is 5.02 Å². The fraction of sp³-hybridized carbons (Fsp3) is 0.636. The molecule has 2 aliphatic carbocycles. The van der Waals surface area contributed by atoms with E-state index in [4.69, 9.17) is 11.6 Å². The minimum atomic E-state index is 0.836. The quantitative estimate of drug-likeness (QED) is 0.523. The highest BCUT2D eigenvalue weighted by Gasteiger charge is 2.28. The Labute approximate surface area is 147 Å². The molecule has 3 rings (SSSR count). The van der Waals surface area contributed by atoms with Crippen molar-refractivity contribution in [2.45, 2.75) is 71.1 Å². The molecular weight excluding hydrogens is 300 g/mol. The van der Waals surface area contributed by atoms with Crippen molar-refractivity contribution in [3.05, 3.63) is 40.9 Å². The van der Waals surface area contributed by atoms with Crippen LogP contribution in [0.2, 0.25) is 5.02 Å². The Kier molecular flexibility index (Phi) is 6.22. The van der Waals surface area contributed by atoms with Crippen LogP contribution in [0.1, 0.15) is 76.7 Å². The van der Waals surface area contributed by atoms with Crippen molar-refractivity contribution in [2.75, 3.05) is 0 Å². The van der Waals surface area contributed by atoms with Crippen molar-refractivity contribution >= 4 is 17.2 Å². The Morgan fingerprint density at radius 3 is 2.30 bits per heavy atom. The van der Waals surface area contributed by atoms with E-state index in [2.05, 4.69) is 25.1 Å². The summed E-state index contributed by atoms with van der Waals surface area (Å²) in [7, 11) is 0. The molecule has 1 unspecified atom stereocenters. The molecule has 0 radical (unpaired) electrons. The highest BCUT2D eigenvalue weighted by Crippen LogP contribution is 2.42. The monoisotopic (exact) mass is 330 g/mol. The van der Waals surface area contributed by atoms with Crippen molar-refractivity contribution in [3.63, 3.8) is 0 Å². The molecule has 0 N–H and O–H groups in total. The average molecular weight is 331 g/mol. The standard InChI is InChI=1S/C22H31Cl/c1-2-3-4-17-5-7-18(8-6-17)19-9-11-20(12-10-19)21-13-15-22(23)16-14-21/h11,13-19H,2-10,12H2,1H3. The van der Waals surface area contributed by atoms with Crippen LogP contribution in [0.15, 0.2) is 30.3 Å². The molecule has 1 atom stereocenters. The number of halogens is 1. The van der Waals surface area contributed by atoms with Gasteiger partial charge in [0.15, 0.2) is 0 Å². The van der Waals surface area contributed by atoms with Crippen LogP contribution in [0.3, 0.4) is 0 Å². The third-order valence-electron chi connectivity index (χ3n) is 6.19. The van der Waals surface area contributed by atoms with Crippen LogP contribution >= 0.6 is 11.6 Å². The lowest BCUT2D eigenvalue weighted by Gasteiger charge is -2.35. The summed E-state index contributed by atoms with van der Waals surface area (Å²) in [6.45, 7) is 2.32. The van der Waals surface area contributed by atoms with Crippen LogP contribution in [0, 0.1) is 17.8 Å². The van der Waals surface area contributed by atoms with E-state index in [-0.39, 0.29) is 0 Å². The van der Waals surface area contributed by atoms with Crippen LogP contribution in [0.4, 0.5) is 0 Å². The van der Waals surface area contributed by atoms with Gasteiger partial charge in [-0.1, -0.05) is 68.8 Å². The minimum absolute atomic E-state index is 0.836. The van der Waals surface area contributed by atoms with Gasteiger partial charge in [0.05, 0.1) is 0 Å². The first-order valence-electron chi connectivity index (χ1n) is 9.71. The van der Waals surface area contributed by atoms with Gasteiger partial charge in [-0.3, -0.25) is 0 Å². The smallest absolute Gasteiger partial charge is 0.0406 e. The van der Waals surface area contributed by atoms with E-state index in [0.717, 1.165) is 22.8 Å². The minimum Gasteiger partial charge on any atom is -0.0843 e. The van der Waals surface area contributed by atoms with E-state index in [1.54, 1.807) is 0 Å². The maximum Gasteiger partial charge on any atom is 0.0406 e. The molecule has 1 saturated carbocycles. The van der Waals surface area contributed by atoms with Gasteiger partial charge in [-0.2, -0.15) is 0 Å². The molecule has 1 fully saturated rings. The van der Waals surface area contributed by atoms with Crippen LogP contribution in [-0.4, -0.2) is 0 Å². The summed E-state index contributed by atoms with van der Waals surface area (Å²) in [6.07, 6.45) is 16.7. The fourth-order valence-electron chi connectivity index (χ4n) is 4.65. The molecule has 0 saturated heterocycles. The Bertz CT molecular complexity index is 505. The lowest BCUT2D eigenvalue weighted by Crippen LogP contribution is -2.23. The third kappa shape index (κ3) is 4.63.